The van der Waals surface area contributed by atoms with Gasteiger partial charge in [-0.3, -0.25) is 35.0 Å². The number of hydrogen-bond donors (Lipinski definition) is 6. The predicted octanol–water partition coefficient (Wildman–Crippen LogP) is 13.4. The Morgan fingerprint density at radius 1 is 0.500 bits per heavy atom. The van der Waals surface area contributed by atoms with Gasteiger partial charge in [-0.15, -0.1) is 26.3 Å². The third kappa shape index (κ3) is 21.6. The van der Waals surface area contributed by atoms with Crippen molar-refractivity contribution in [2.75, 3.05) is 112 Å². The summed E-state index contributed by atoms with van der Waals surface area (Å²) in [6.45, 7) is 19.1. The summed E-state index contributed by atoms with van der Waals surface area (Å²) in [6.07, 6.45) is 7.53. The maximum atomic E-state index is 12.6. The van der Waals surface area contributed by atoms with E-state index in [1.54, 1.807) is 43.4 Å². The number of amides is 1. The molecule has 4 aliphatic heterocycles. The fourth-order valence-corrected chi connectivity index (χ4v) is 18.7. The summed E-state index contributed by atoms with van der Waals surface area (Å²) in [5.74, 6) is 1.39. The zero-order valence-corrected chi connectivity index (χ0v) is 68.6. The molecule has 5 aromatic heterocycles. The van der Waals surface area contributed by atoms with Gasteiger partial charge in [-0.05, 0) is 133 Å². The maximum Gasteiger partial charge on any atom is 0.573 e. The highest BCUT2D eigenvalue weighted by atomic mass is 35.5. The first-order valence-corrected chi connectivity index (χ1v) is 44.4. The second-order valence-electron chi connectivity index (χ2n) is 30.0. The molecule has 114 heavy (non-hydrogen) atoms. The Morgan fingerprint density at radius 3 is 1.30 bits per heavy atom. The van der Waals surface area contributed by atoms with Crippen LogP contribution in [-0.4, -0.2) is 224 Å². The minimum absolute atomic E-state index is 0.192. The molecule has 6 N–H and O–H groups in total. The van der Waals surface area contributed by atoms with Crippen LogP contribution in [0.1, 0.15) is 120 Å². The minimum Gasteiger partial charge on any atom is -0.406 e. The van der Waals surface area contributed by atoms with Crippen molar-refractivity contribution in [1.82, 2.24) is 68.8 Å². The molecule has 39 heteroatoms. The molecule has 0 atom stereocenters. The summed E-state index contributed by atoms with van der Waals surface area (Å²) in [7, 11) is -13.0. The number of benzene rings is 6. The van der Waals surface area contributed by atoms with Crippen molar-refractivity contribution in [3.05, 3.63) is 143 Å². The van der Waals surface area contributed by atoms with Crippen molar-refractivity contribution in [2.45, 2.75) is 116 Å². The first-order chi connectivity index (χ1) is 53.3. The average Bonchev–Trinajstić information content (AvgIpc) is 1.33. The summed E-state index contributed by atoms with van der Waals surface area (Å²) in [6, 6.07) is 24.8. The number of ether oxygens (including phenoxy) is 2. The van der Waals surface area contributed by atoms with Crippen LogP contribution in [0.5, 0.6) is 11.5 Å². The van der Waals surface area contributed by atoms with E-state index in [0.29, 0.717) is 107 Å². The number of piperazine rings is 2. The number of carbonyl (C=O) groups is 1. The molecule has 0 aliphatic carbocycles. The number of likely N-dealkylation sites (tertiary alicyclic amines) is 1. The topological polar surface area (TPSA) is 347 Å². The molecule has 0 saturated carbocycles. The smallest absolute Gasteiger partial charge is 0.406 e. The van der Waals surface area contributed by atoms with Crippen LogP contribution in [0, 0.1) is 0 Å². The maximum absolute atomic E-state index is 12.6. The third-order valence-electron chi connectivity index (χ3n) is 20.4. The second-order valence-corrected chi connectivity index (χ2v) is 38.1. The molecular formula is C75H92ClF6N17O11S4. The normalized spacial score (nSPS) is 16.8. The van der Waals surface area contributed by atoms with Crippen LogP contribution in [0.15, 0.2) is 116 Å². The van der Waals surface area contributed by atoms with E-state index < -0.39 is 58.4 Å². The molecule has 616 valence electrons. The van der Waals surface area contributed by atoms with Gasteiger partial charge in [-0.1, -0.05) is 63.6 Å². The van der Waals surface area contributed by atoms with E-state index in [1.807, 2.05) is 51.4 Å². The number of sulfonamides is 4. The predicted molar refractivity (Wildman–Crippen MR) is 430 cm³/mol. The number of carbonyl (C=O) groups excluding carboxylic acids is 1. The number of aromatic amines is 5. The minimum atomic E-state index is -4.81. The van der Waals surface area contributed by atoms with E-state index in [-0.39, 0.29) is 37.0 Å². The largest absolute Gasteiger partial charge is 0.573 e. The van der Waals surface area contributed by atoms with Crippen molar-refractivity contribution in [3.8, 4) is 22.6 Å². The Kier molecular flexibility index (Phi) is 25.7. The molecule has 4 aliphatic rings. The highest BCUT2D eigenvalue weighted by molar-refractivity contribution is 7.92. The lowest BCUT2D eigenvalue weighted by molar-refractivity contribution is -0.275. The van der Waals surface area contributed by atoms with Crippen LogP contribution in [0.2, 0.25) is 5.02 Å². The lowest BCUT2D eigenvalue weighted by Crippen LogP contribution is -2.60. The molecule has 15 rings (SSSR count). The number of anilines is 3. The van der Waals surface area contributed by atoms with Crippen LogP contribution in [0.3, 0.4) is 0 Å². The highest BCUT2D eigenvalue weighted by Crippen LogP contribution is 2.41. The van der Waals surface area contributed by atoms with Gasteiger partial charge in [0.2, 0.25) is 46.0 Å². The average molecular weight is 1690 g/mol. The van der Waals surface area contributed by atoms with E-state index in [0.717, 1.165) is 90.6 Å². The molecule has 4 saturated heterocycles. The summed E-state index contributed by atoms with van der Waals surface area (Å²) in [5.41, 5.74) is 12.0. The Bertz CT molecular complexity index is 5720. The van der Waals surface area contributed by atoms with Gasteiger partial charge in [0.15, 0.2) is 0 Å². The van der Waals surface area contributed by atoms with E-state index in [4.69, 9.17) is 11.6 Å². The Labute approximate surface area is 661 Å². The first kappa shape index (κ1) is 85.6. The number of rotatable bonds is 14. The number of nitrogens with zero attached hydrogens (tertiary/aromatic N) is 11. The molecule has 9 heterocycles. The zero-order chi connectivity index (χ0) is 82.8. The number of nitrogens with one attached hydrogen (secondary N) is 6. The number of piperidine rings is 2. The lowest BCUT2D eigenvalue weighted by Gasteiger charge is -2.46. The molecule has 11 aromatic rings. The van der Waals surface area contributed by atoms with Crippen LogP contribution < -0.4 is 24.0 Å². The Morgan fingerprint density at radius 2 is 0.895 bits per heavy atom. The van der Waals surface area contributed by atoms with Crippen LogP contribution in [0.4, 0.5) is 43.4 Å². The molecule has 0 unspecified atom stereocenters. The summed E-state index contributed by atoms with van der Waals surface area (Å²) >= 11 is 6.11. The number of alkyl halides is 6. The van der Waals surface area contributed by atoms with Crippen molar-refractivity contribution in [3.63, 3.8) is 0 Å². The van der Waals surface area contributed by atoms with Gasteiger partial charge in [-0.25, -0.2) is 38.0 Å². The summed E-state index contributed by atoms with van der Waals surface area (Å²) in [5, 5.41) is 39.8. The molecule has 1 amide bonds. The van der Waals surface area contributed by atoms with E-state index >= 15 is 0 Å². The molecule has 6 aromatic carbocycles. The highest BCUT2D eigenvalue weighted by Gasteiger charge is 2.41. The Balaban J connectivity index is 0.000000141. The third-order valence-corrected chi connectivity index (χ3v) is 25.3. The van der Waals surface area contributed by atoms with Gasteiger partial charge in [0.1, 0.15) is 11.5 Å². The Hall–Kier alpha value is -9.31. The van der Waals surface area contributed by atoms with Gasteiger partial charge >= 0.3 is 12.7 Å². The lowest BCUT2D eigenvalue weighted by atomic mass is 9.85. The summed E-state index contributed by atoms with van der Waals surface area (Å²) in [4.78, 5) is 17.1. The van der Waals surface area contributed by atoms with E-state index in [1.165, 1.54) is 84.6 Å². The van der Waals surface area contributed by atoms with Crippen molar-refractivity contribution >= 4 is 129 Å². The van der Waals surface area contributed by atoms with Gasteiger partial charge in [-0.2, -0.15) is 34.1 Å². The number of hydrogen-bond acceptors (Lipinski definition) is 18. The van der Waals surface area contributed by atoms with Gasteiger partial charge in [0.25, 0.3) is 0 Å². The first-order valence-electron chi connectivity index (χ1n) is 36.6. The van der Waals surface area contributed by atoms with E-state index in [9.17, 15) is 64.8 Å². The molecular weight excluding hydrogens is 1590 g/mol. The number of fused-ring (bicyclic) bond motifs is 5. The molecule has 0 bridgehead atoms. The van der Waals surface area contributed by atoms with Crippen LogP contribution >= 0.6 is 11.6 Å². The standard InChI is InChI=1S/C17H23N3O.C16H23N3O2S.C15H19F3N4O3S.C14H12ClN3O2S.C13H15F3N4O3S/c1-11(2)14-8-15(16-10-18-19-17(16)9-14)13-4-6-20(7-5-13)12(3)21;1-11(2)13-8-14(15-10-17-18-16(15)9-13)12-4-6-19(7-5-12)22(3,20)21;1-14(2)9-21(4-5-22(14)26(3,23)24)13-7-10(25-15(16,17)18)6-12-11(13)8-19-20-12;1-21(19,20)18-11-4-2-9(3-5-11)12-6-10(15)7-14-13(12)8-16-17-14;1-24(21,22)20-4-2-19(3-5-20)12-7-9(23-13(14,15)16)6-11-10(12)8-17-18-11/h8-11,13H,4-7H2,1-3H3,(H,18,19);8-12H,4-7H2,1-3H3,(H,17,18);6-8H,4-5,9H2,1-3H3,(H,19,20);2-8,18H,1H3,(H,16,17);6-8H,2-5H2,1H3,(H,17,18). The van der Waals surface area contributed by atoms with E-state index in [2.05, 4.69) is 117 Å². The molecule has 28 nitrogen and oxygen atoms in total. The fraction of sp³-hybridized carbons (Fsp3) is 0.440. The monoisotopic (exact) mass is 1680 g/mol. The second kappa shape index (κ2) is 34.2. The van der Waals surface area contributed by atoms with Gasteiger partial charge in [0, 0.05) is 146 Å². The van der Waals surface area contributed by atoms with Gasteiger partial charge < -0.3 is 24.2 Å². The zero-order valence-electron chi connectivity index (χ0n) is 64.6. The molecule has 0 radical (unpaired) electrons. The van der Waals surface area contributed by atoms with Gasteiger partial charge in [0.05, 0.1) is 95.0 Å². The molecule has 0 spiro atoms. The van der Waals surface area contributed by atoms with Crippen molar-refractivity contribution in [2.24, 2.45) is 0 Å². The van der Waals surface area contributed by atoms with Crippen LogP contribution in [0.25, 0.3) is 65.6 Å². The SMILES string of the molecule is CC(=O)N1CCC(c2cc(C(C)C)cc3[nH]ncc23)CC1.CC(C)c1cc(C2CCN(S(C)(=O)=O)CC2)c2cn[nH]c2c1.CC1(C)CN(c2cc(OC(F)(F)F)cc3[nH]ncc23)CCN1S(C)(=O)=O.CS(=O)(=O)N1CCN(c2cc(OC(F)(F)F)cc3[nH]ncc23)CC1.CS(=O)(=O)Nc1ccc(-c2cc(Cl)cc3[nH]ncc23)cc1. The van der Waals surface area contributed by atoms with Crippen molar-refractivity contribution in [1.29, 1.82) is 0 Å². The van der Waals surface area contributed by atoms with Crippen molar-refractivity contribution < 1.29 is 74.3 Å². The number of halogens is 7. The molecule has 4 fully saturated rings. The fourth-order valence-electron chi connectivity index (χ4n) is 14.9. The van der Waals surface area contributed by atoms with Crippen LogP contribution in [-0.2, 0) is 44.9 Å². The summed E-state index contributed by atoms with van der Waals surface area (Å²) < 4.78 is 183. The number of H-pyrrole nitrogens is 5. The quantitative estimate of drug-likeness (QED) is 0.0551. The number of aromatic nitrogens is 10.